The molecule has 1 aromatic heterocycles. The van der Waals surface area contributed by atoms with Gasteiger partial charge in [0.25, 0.3) is 5.22 Å². The minimum absolute atomic E-state index is 0.194. The van der Waals surface area contributed by atoms with Crippen LogP contribution in [0.4, 0.5) is 0 Å². The van der Waals surface area contributed by atoms with Crippen molar-refractivity contribution in [3.05, 3.63) is 29.3 Å². The van der Waals surface area contributed by atoms with Crippen molar-refractivity contribution < 1.29 is 9.21 Å². The number of halogens is 1. The SMILES string of the molecule is CC(Sc1nnc(-c2cccc(Cl)c2)o1)C(=O)NC1(C#N)CCCCC1. The zero-order valence-electron chi connectivity index (χ0n) is 14.4. The largest absolute Gasteiger partial charge is 0.411 e. The van der Waals surface area contributed by atoms with Crippen LogP contribution in [0.2, 0.25) is 5.02 Å². The van der Waals surface area contributed by atoms with Crippen LogP contribution in [0, 0.1) is 11.3 Å². The molecule has 1 saturated carbocycles. The van der Waals surface area contributed by atoms with Gasteiger partial charge in [-0.25, -0.2) is 0 Å². The fourth-order valence-corrected chi connectivity index (χ4v) is 3.83. The fourth-order valence-electron chi connectivity index (χ4n) is 2.96. The maximum atomic E-state index is 12.5. The van der Waals surface area contributed by atoms with Gasteiger partial charge in [-0.05, 0) is 38.0 Å². The van der Waals surface area contributed by atoms with E-state index in [0.717, 1.165) is 24.8 Å². The van der Waals surface area contributed by atoms with Gasteiger partial charge in [0.1, 0.15) is 5.54 Å². The zero-order chi connectivity index (χ0) is 18.6. The van der Waals surface area contributed by atoms with Gasteiger partial charge in [0.15, 0.2) is 0 Å². The molecule has 3 rings (SSSR count). The van der Waals surface area contributed by atoms with Crippen LogP contribution < -0.4 is 5.32 Å². The molecular formula is C18H19ClN4O2S. The Morgan fingerprint density at radius 3 is 2.85 bits per heavy atom. The molecule has 0 bridgehead atoms. The van der Waals surface area contributed by atoms with Gasteiger partial charge in [0, 0.05) is 10.6 Å². The molecule has 1 amide bonds. The van der Waals surface area contributed by atoms with Crippen molar-refractivity contribution in [3.8, 4) is 17.5 Å². The van der Waals surface area contributed by atoms with Gasteiger partial charge in [-0.15, -0.1) is 10.2 Å². The molecular weight excluding hydrogens is 372 g/mol. The fraction of sp³-hybridized carbons (Fsp3) is 0.444. The Hall–Kier alpha value is -2.04. The summed E-state index contributed by atoms with van der Waals surface area (Å²) in [6.45, 7) is 1.76. The minimum Gasteiger partial charge on any atom is -0.411 e. The first kappa shape index (κ1) is 18.7. The molecule has 1 atom stereocenters. The van der Waals surface area contributed by atoms with Crippen LogP contribution in [0.1, 0.15) is 39.0 Å². The van der Waals surface area contributed by atoms with Crippen LogP contribution in [-0.2, 0) is 4.79 Å². The molecule has 0 saturated heterocycles. The van der Waals surface area contributed by atoms with E-state index in [1.165, 1.54) is 11.8 Å². The van der Waals surface area contributed by atoms with E-state index in [1.54, 1.807) is 25.1 Å². The number of carbonyl (C=O) groups excluding carboxylic acids is 1. The summed E-state index contributed by atoms with van der Waals surface area (Å²) in [4.78, 5) is 12.5. The third-order valence-corrected chi connectivity index (χ3v) is 5.58. The summed E-state index contributed by atoms with van der Waals surface area (Å²) in [5, 5.41) is 20.8. The van der Waals surface area contributed by atoms with Gasteiger partial charge >= 0.3 is 0 Å². The van der Waals surface area contributed by atoms with Gasteiger partial charge in [0.05, 0.1) is 11.3 Å². The normalized spacial score (nSPS) is 17.3. The number of carbonyl (C=O) groups is 1. The van der Waals surface area contributed by atoms with Crippen molar-refractivity contribution >= 4 is 29.3 Å². The topological polar surface area (TPSA) is 91.8 Å². The first-order chi connectivity index (χ1) is 12.5. The highest BCUT2D eigenvalue weighted by molar-refractivity contribution is 8.00. The van der Waals surface area contributed by atoms with Crippen LogP contribution in [-0.4, -0.2) is 26.9 Å². The van der Waals surface area contributed by atoms with Gasteiger partial charge < -0.3 is 9.73 Å². The number of amides is 1. The highest BCUT2D eigenvalue weighted by atomic mass is 35.5. The lowest BCUT2D eigenvalue weighted by molar-refractivity contribution is -0.122. The number of thioether (sulfide) groups is 1. The predicted molar refractivity (Wildman–Crippen MR) is 99.6 cm³/mol. The average Bonchev–Trinajstić information content (AvgIpc) is 3.11. The summed E-state index contributed by atoms with van der Waals surface area (Å²) in [5.74, 6) is 0.157. The van der Waals surface area contributed by atoms with Crippen molar-refractivity contribution in [1.29, 1.82) is 5.26 Å². The molecule has 1 aromatic carbocycles. The Kier molecular flexibility index (Phi) is 5.84. The smallest absolute Gasteiger partial charge is 0.277 e. The third kappa shape index (κ3) is 4.37. The molecule has 1 unspecified atom stereocenters. The van der Waals surface area contributed by atoms with Crippen LogP contribution >= 0.6 is 23.4 Å². The molecule has 1 N–H and O–H groups in total. The maximum Gasteiger partial charge on any atom is 0.277 e. The predicted octanol–water partition coefficient (Wildman–Crippen LogP) is 4.21. The summed E-state index contributed by atoms with van der Waals surface area (Å²) in [6.07, 6.45) is 4.43. The maximum absolute atomic E-state index is 12.5. The van der Waals surface area contributed by atoms with Gasteiger partial charge in [-0.1, -0.05) is 48.7 Å². The molecule has 8 heteroatoms. The molecule has 136 valence electrons. The molecule has 1 fully saturated rings. The molecule has 26 heavy (non-hydrogen) atoms. The van der Waals surface area contributed by atoms with Crippen molar-refractivity contribution in [3.63, 3.8) is 0 Å². The Balaban J connectivity index is 1.63. The Morgan fingerprint density at radius 2 is 2.15 bits per heavy atom. The standard InChI is InChI=1S/C18H19ClN4O2S/c1-12(15(24)21-18(11-20)8-3-2-4-9-18)26-17-23-22-16(25-17)13-6-5-7-14(19)10-13/h5-7,10,12H,2-4,8-9H2,1H3,(H,21,24). The Labute approximate surface area is 161 Å². The summed E-state index contributed by atoms with van der Waals surface area (Å²) >= 11 is 7.15. The second-order valence-electron chi connectivity index (χ2n) is 6.39. The Morgan fingerprint density at radius 1 is 1.38 bits per heavy atom. The number of nitriles is 1. The molecule has 0 aliphatic heterocycles. The number of benzene rings is 1. The van der Waals surface area contributed by atoms with E-state index in [2.05, 4.69) is 21.6 Å². The molecule has 2 aromatic rings. The first-order valence-corrected chi connectivity index (χ1v) is 9.76. The molecule has 1 aliphatic rings. The van der Waals surface area contributed by atoms with Crippen molar-refractivity contribution in [1.82, 2.24) is 15.5 Å². The number of nitrogens with one attached hydrogen (secondary N) is 1. The van der Waals surface area contributed by atoms with Gasteiger partial charge in [-0.2, -0.15) is 5.26 Å². The molecule has 1 heterocycles. The van der Waals surface area contributed by atoms with E-state index in [0.29, 0.717) is 29.0 Å². The monoisotopic (exact) mass is 390 g/mol. The van der Waals surface area contributed by atoms with Gasteiger partial charge in [-0.3, -0.25) is 4.79 Å². The lowest BCUT2D eigenvalue weighted by Gasteiger charge is -2.32. The minimum atomic E-state index is -0.745. The van der Waals surface area contributed by atoms with E-state index in [1.807, 2.05) is 6.07 Å². The first-order valence-electron chi connectivity index (χ1n) is 8.51. The quantitative estimate of drug-likeness (QED) is 0.768. The second-order valence-corrected chi connectivity index (χ2v) is 8.12. The van der Waals surface area contributed by atoms with Crippen LogP contribution in [0.25, 0.3) is 11.5 Å². The van der Waals surface area contributed by atoms with Crippen molar-refractivity contribution in [2.24, 2.45) is 0 Å². The van der Waals surface area contributed by atoms with Crippen LogP contribution in [0.3, 0.4) is 0 Å². The van der Waals surface area contributed by atoms with Gasteiger partial charge in [0.2, 0.25) is 11.8 Å². The Bertz CT molecular complexity index is 827. The molecule has 0 radical (unpaired) electrons. The molecule has 6 nitrogen and oxygen atoms in total. The van der Waals surface area contributed by atoms with Crippen LogP contribution in [0.5, 0.6) is 0 Å². The van der Waals surface area contributed by atoms with E-state index >= 15 is 0 Å². The molecule has 0 spiro atoms. The lowest BCUT2D eigenvalue weighted by Crippen LogP contribution is -2.50. The number of rotatable bonds is 5. The summed E-state index contributed by atoms with van der Waals surface area (Å²) in [6, 6.07) is 9.42. The van der Waals surface area contributed by atoms with E-state index in [-0.39, 0.29) is 5.91 Å². The number of hydrogen-bond acceptors (Lipinski definition) is 6. The number of nitrogens with zero attached hydrogens (tertiary/aromatic N) is 3. The van der Waals surface area contributed by atoms with Crippen molar-refractivity contribution in [2.75, 3.05) is 0 Å². The second kappa shape index (κ2) is 8.11. The van der Waals surface area contributed by atoms with Crippen molar-refractivity contribution in [2.45, 2.75) is 55.0 Å². The van der Waals surface area contributed by atoms with E-state index in [9.17, 15) is 10.1 Å². The van der Waals surface area contributed by atoms with E-state index < -0.39 is 10.8 Å². The average molecular weight is 391 g/mol. The number of hydrogen-bond donors (Lipinski definition) is 1. The van der Waals surface area contributed by atoms with Crippen LogP contribution in [0.15, 0.2) is 33.9 Å². The highest BCUT2D eigenvalue weighted by Crippen LogP contribution is 2.30. The third-order valence-electron chi connectivity index (χ3n) is 4.41. The number of aromatic nitrogens is 2. The summed E-state index contributed by atoms with van der Waals surface area (Å²) in [5.41, 5.74) is -0.0232. The lowest BCUT2D eigenvalue weighted by atomic mass is 9.83. The van der Waals surface area contributed by atoms with E-state index in [4.69, 9.17) is 16.0 Å². The molecule has 1 aliphatic carbocycles. The zero-order valence-corrected chi connectivity index (χ0v) is 15.9. The summed E-state index contributed by atoms with van der Waals surface area (Å²) < 4.78 is 5.62. The highest BCUT2D eigenvalue weighted by Gasteiger charge is 2.35. The summed E-state index contributed by atoms with van der Waals surface area (Å²) in [7, 11) is 0.